The van der Waals surface area contributed by atoms with Crippen LogP contribution in [0, 0.1) is 40.4 Å². The van der Waals surface area contributed by atoms with Crippen molar-refractivity contribution in [1.29, 1.82) is 0 Å². The van der Waals surface area contributed by atoms with Crippen molar-refractivity contribution in [1.82, 2.24) is 0 Å². The van der Waals surface area contributed by atoms with Crippen molar-refractivity contribution in [2.75, 3.05) is 7.11 Å². The lowest BCUT2D eigenvalue weighted by Crippen LogP contribution is -2.51. The molecule has 28 heavy (non-hydrogen) atoms. The molecule has 3 heteroatoms. The summed E-state index contributed by atoms with van der Waals surface area (Å²) in [6.45, 7) is 7.44. The smallest absolute Gasteiger partial charge is 0.303 e. The summed E-state index contributed by atoms with van der Waals surface area (Å²) < 4.78 is 5.70. The highest BCUT2D eigenvalue weighted by Gasteiger charge is 2.59. The Hall–Kier alpha value is -0.830. The van der Waals surface area contributed by atoms with E-state index in [0.717, 1.165) is 30.6 Å². The lowest BCUT2D eigenvalue weighted by molar-refractivity contribution is -0.137. The maximum absolute atomic E-state index is 11.1. The van der Waals surface area contributed by atoms with E-state index in [1.165, 1.54) is 44.9 Å². The van der Waals surface area contributed by atoms with Crippen molar-refractivity contribution in [3.63, 3.8) is 0 Å². The number of carbonyl (C=O) groups is 1. The molecule has 158 valence electrons. The van der Waals surface area contributed by atoms with E-state index in [-0.39, 0.29) is 0 Å². The quantitative estimate of drug-likeness (QED) is 0.580. The van der Waals surface area contributed by atoms with Crippen LogP contribution in [0.5, 0.6) is 0 Å². The van der Waals surface area contributed by atoms with Crippen LogP contribution in [-0.4, -0.2) is 24.3 Å². The fraction of sp³-hybridized carbons (Fsp3) is 0.880. The first-order valence-electron chi connectivity index (χ1n) is 11.7. The number of aliphatic carboxylic acids is 1. The summed E-state index contributed by atoms with van der Waals surface area (Å²) in [4.78, 5) is 11.1. The molecule has 0 aliphatic heterocycles. The van der Waals surface area contributed by atoms with Crippen molar-refractivity contribution in [3.8, 4) is 0 Å². The molecule has 1 unspecified atom stereocenters. The van der Waals surface area contributed by atoms with Crippen molar-refractivity contribution >= 4 is 5.97 Å². The molecule has 0 saturated heterocycles. The van der Waals surface area contributed by atoms with Gasteiger partial charge in [-0.2, -0.15) is 0 Å². The van der Waals surface area contributed by atoms with Crippen LogP contribution in [0.2, 0.25) is 0 Å². The minimum Gasteiger partial charge on any atom is -0.481 e. The van der Waals surface area contributed by atoms with Crippen molar-refractivity contribution in [2.45, 2.75) is 91.1 Å². The number of hydrogen-bond acceptors (Lipinski definition) is 2. The first-order valence-corrected chi connectivity index (χ1v) is 11.7. The average Bonchev–Trinajstić information content (AvgIpc) is 3.02. The summed E-state index contributed by atoms with van der Waals surface area (Å²) in [6, 6.07) is 0. The Labute approximate surface area is 171 Å². The van der Waals surface area contributed by atoms with Gasteiger partial charge in [-0.3, -0.25) is 4.79 Å². The Morgan fingerprint density at radius 2 is 2.00 bits per heavy atom. The van der Waals surface area contributed by atoms with E-state index in [9.17, 15) is 4.79 Å². The number of carboxylic acids is 1. The van der Waals surface area contributed by atoms with E-state index >= 15 is 0 Å². The van der Waals surface area contributed by atoms with E-state index in [4.69, 9.17) is 9.84 Å². The Balaban J connectivity index is 1.53. The van der Waals surface area contributed by atoms with Crippen LogP contribution in [0.15, 0.2) is 11.6 Å². The minimum atomic E-state index is -0.639. The molecule has 0 aromatic rings. The molecular weight excluding hydrogens is 348 g/mol. The normalized spacial score (nSPS) is 46.1. The van der Waals surface area contributed by atoms with E-state index in [2.05, 4.69) is 26.8 Å². The van der Waals surface area contributed by atoms with E-state index in [1.54, 1.807) is 5.57 Å². The van der Waals surface area contributed by atoms with Crippen LogP contribution in [0.4, 0.5) is 0 Å². The maximum atomic E-state index is 11.1. The fourth-order valence-electron chi connectivity index (χ4n) is 8.36. The molecule has 1 N–H and O–H groups in total. The van der Waals surface area contributed by atoms with Gasteiger partial charge in [0.25, 0.3) is 0 Å². The second-order valence-corrected chi connectivity index (χ2v) is 11.0. The van der Waals surface area contributed by atoms with Gasteiger partial charge in [-0.25, -0.2) is 0 Å². The van der Waals surface area contributed by atoms with Gasteiger partial charge in [-0.05, 0) is 98.2 Å². The molecule has 0 bridgehead atoms. The summed E-state index contributed by atoms with van der Waals surface area (Å²) in [5.41, 5.74) is 2.51. The van der Waals surface area contributed by atoms with Gasteiger partial charge in [-0.15, -0.1) is 0 Å². The number of allylic oxidation sites excluding steroid dienone is 1. The predicted molar refractivity (Wildman–Crippen MR) is 112 cm³/mol. The van der Waals surface area contributed by atoms with Gasteiger partial charge < -0.3 is 9.84 Å². The molecular formula is C25H40O3. The molecule has 4 aliphatic rings. The third-order valence-electron chi connectivity index (χ3n) is 9.97. The molecule has 0 aromatic heterocycles. The van der Waals surface area contributed by atoms with Crippen LogP contribution in [0.3, 0.4) is 0 Å². The second kappa shape index (κ2) is 7.45. The Bertz CT molecular complexity index is 640. The van der Waals surface area contributed by atoms with Crippen LogP contribution in [0.25, 0.3) is 0 Å². The number of rotatable bonds is 5. The fourth-order valence-corrected chi connectivity index (χ4v) is 8.36. The van der Waals surface area contributed by atoms with E-state index in [1.807, 2.05) is 7.11 Å². The lowest BCUT2D eigenvalue weighted by Gasteiger charge is -2.58. The first kappa shape index (κ1) is 20.4. The summed E-state index contributed by atoms with van der Waals surface area (Å²) in [5, 5.41) is 9.12. The Morgan fingerprint density at radius 1 is 1.21 bits per heavy atom. The molecule has 0 radical (unpaired) electrons. The van der Waals surface area contributed by atoms with E-state index in [0.29, 0.717) is 35.2 Å². The summed E-state index contributed by atoms with van der Waals surface area (Å²) >= 11 is 0. The first-order chi connectivity index (χ1) is 13.3. The summed E-state index contributed by atoms with van der Waals surface area (Å²) in [7, 11) is 1.87. The number of ether oxygens (including phenoxy) is 1. The Kier molecular flexibility index (Phi) is 5.44. The molecule has 0 spiro atoms. The van der Waals surface area contributed by atoms with Crippen LogP contribution in [-0.2, 0) is 9.53 Å². The number of carboxylic acid groups (broad SMARTS) is 1. The number of hydrogen-bond donors (Lipinski definition) is 1. The SMILES string of the molecule is COC1CC[C@@]2(C)C(=CC[C@H]3[C@@H]4CC[C@H]([C@H](C)CCC(=O)O)[C@@]4(C)CC[C@@H]32)C1. The molecule has 0 amide bonds. The molecule has 0 aromatic carbocycles. The van der Waals surface area contributed by atoms with Crippen molar-refractivity contribution in [2.24, 2.45) is 40.4 Å². The van der Waals surface area contributed by atoms with Gasteiger partial charge in [0.15, 0.2) is 0 Å². The zero-order valence-electron chi connectivity index (χ0n) is 18.4. The zero-order chi connectivity index (χ0) is 20.1. The Morgan fingerprint density at radius 3 is 2.71 bits per heavy atom. The maximum Gasteiger partial charge on any atom is 0.303 e. The monoisotopic (exact) mass is 388 g/mol. The third kappa shape index (κ3) is 3.16. The van der Waals surface area contributed by atoms with Crippen LogP contribution >= 0.6 is 0 Å². The highest BCUT2D eigenvalue weighted by Crippen LogP contribution is 2.67. The van der Waals surface area contributed by atoms with Gasteiger partial charge in [-0.1, -0.05) is 32.4 Å². The molecule has 4 aliphatic carbocycles. The predicted octanol–water partition coefficient (Wildman–Crippen LogP) is 6.08. The van der Waals surface area contributed by atoms with Crippen molar-refractivity contribution in [3.05, 3.63) is 11.6 Å². The van der Waals surface area contributed by atoms with Gasteiger partial charge >= 0.3 is 5.97 Å². The zero-order valence-corrected chi connectivity index (χ0v) is 18.4. The standard InChI is InChI=1S/C25H40O3/c1-16(5-10-23(26)27)20-8-9-21-19-7-6-17-15-18(28-4)11-13-24(17,2)22(19)12-14-25(20,21)3/h6,16,18-22H,5,7-15H2,1-4H3,(H,26,27)/t16-,18?,19+,20-,21+,22+,24+,25-/m1/s1. The molecule has 3 fully saturated rings. The molecule has 8 atom stereocenters. The third-order valence-corrected chi connectivity index (χ3v) is 9.97. The van der Waals surface area contributed by atoms with Gasteiger partial charge in [0.05, 0.1) is 6.10 Å². The number of fused-ring (bicyclic) bond motifs is 5. The molecule has 4 rings (SSSR count). The second-order valence-electron chi connectivity index (χ2n) is 11.0. The highest BCUT2D eigenvalue weighted by atomic mass is 16.5. The lowest BCUT2D eigenvalue weighted by atomic mass is 9.47. The highest BCUT2D eigenvalue weighted by molar-refractivity contribution is 5.66. The summed E-state index contributed by atoms with van der Waals surface area (Å²) in [5.74, 6) is 3.11. The minimum absolute atomic E-state index is 0.329. The molecule has 3 saturated carbocycles. The van der Waals surface area contributed by atoms with Gasteiger partial charge in [0, 0.05) is 13.5 Å². The number of methoxy groups -OCH3 is 1. The average molecular weight is 389 g/mol. The summed E-state index contributed by atoms with van der Waals surface area (Å²) in [6.07, 6.45) is 14.5. The van der Waals surface area contributed by atoms with E-state index < -0.39 is 5.97 Å². The van der Waals surface area contributed by atoms with Crippen LogP contribution < -0.4 is 0 Å². The largest absolute Gasteiger partial charge is 0.481 e. The van der Waals surface area contributed by atoms with Crippen LogP contribution in [0.1, 0.15) is 85.0 Å². The topological polar surface area (TPSA) is 46.5 Å². The molecule has 0 heterocycles. The molecule has 3 nitrogen and oxygen atoms in total. The van der Waals surface area contributed by atoms with Crippen molar-refractivity contribution < 1.29 is 14.6 Å². The van der Waals surface area contributed by atoms with Gasteiger partial charge in [0.1, 0.15) is 0 Å². The van der Waals surface area contributed by atoms with Gasteiger partial charge in [0.2, 0.25) is 0 Å².